The summed E-state index contributed by atoms with van der Waals surface area (Å²) in [6.45, 7) is 4.19. The Morgan fingerprint density at radius 2 is 1.41 bits per heavy atom. The molecular formula is C14H26O2Si. The van der Waals surface area contributed by atoms with Crippen molar-refractivity contribution in [3.63, 3.8) is 0 Å². The first-order valence-electron chi connectivity index (χ1n) is 7.49. The molecule has 0 atom stereocenters. The molecule has 0 unspecified atom stereocenters. The van der Waals surface area contributed by atoms with Gasteiger partial charge in [0, 0.05) is 0 Å². The molecule has 4 rings (SSSR count). The zero-order valence-corrected chi connectivity index (χ0v) is 12.2. The van der Waals surface area contributed by atoms with E-state index in [2.05, 4.69) is 13.8 Å². The zero-order valence-electron chi connectivity index (χ0n) is 11.2. The summed E-state index contributed by atoms with van der Waals surface area (Å²) in [5.74, 6) is 2.73. The molecule has 4 saturated carbocycles. The molecular weight excluding hydrogens is 228 g/mol. The van der Waals surface area contributed by atoms with E-state index in [-0.39, 0.29) is 5.60 Å². The van der Waals surface area contributed by atoms with Gasteiger partial charge < -0.3 is 9.22 Å². The summed E-state index contributed by atoms with van der Waals surface area (Å²) in [5, 5.41) is 0. The second-order valence-corrected chi connectivity index (χ2v) is 10.4. The summed E-state index contributed by atoms with van der Waals surface area (Å²) in [7, 11) is -2.38. The molecule has 0 aliphatic heterocycles. The lowest BCUT2D eigenvalue weighted by Crippen LogP contribution is -2.57. The zero-order chi connectivity index (χ0) is 12.1. The lowest BCUT2D eigenvalue weighted by atomic mass is 9.54. The Morgan fingerprint density at radius 1 is 1.00 bits per heavy atom. The molecule has 0 heterocycles. The van der Waals surface area contributed by atoms with Gasteiger partial charge in [0.05, 0.1) is 5.60 Å². The van der Waals surface area contributed by atoms with Gasteiger partial charge in [-0.15, -0.1) is 0 Å². The Hall–Kier alpha value is 0.137. The van der Waals surface area contributed by atoms with E-state index < -0.39 is 8.56 Å². The molecule has 3 heteroatoms. The van der Waals surface area contributed by atoms with Crippen LogP contribution in [0.5, 0.6) is 0 Å². The maximum atomic E-state index is 10.6. The standard InChI is InChI=1S/C14H26O2Si/c1-3-17(15,4-2)16-14-8-11-5-12(9-14)7-13(6-11)10-14/h11-13,15H,3-10H2,1-2H3. The van der Waals surface area contributed by atoms with Crippen LogP contribution in [0, 0.1) is 17.8 Å². The Morgan fingerprint density at radius 3 is 1.76 bits per heavy atom. The first-order valence-corrected chi connectivity index (χ1v) is 9.76. The highest BCUT2D eigenvalue weighted by Gasteiger charge is 2.54. The number of rotatable bonds is 4. The van der Waals surface area contributed by atoms with Crippen LogP contribution in [0.3, 0.4) is 0 Å². The van der Waals surface area contributed by atoms with Crippen LogP contribution in [0.1, 0.15) is 52.4 Å². The van der Waals surface area contributed by atoms with Gasteiger partial charge in [0.25, 0.3) is 0 Å². The first kappa shape index (κ1) is 12.2. The fraction of sp³-hybridized carbons (Fsp3) is 1.00. The molecule has 0 aromatic heterocycles. The van der Waals surface area contributed by atoms with E-state index in [0.29, 0.717) is 0 Å². The molecule has 0 spiro atoms. The van der Waals surface area contributed by atoms with Gasteiger partial charge in [0.2, 0.25) is 0 Å². The van der Waals surface area contributed by atoms with Crippen LogP contribution in [-0.4, -0.2) is 19.0 Å². The smallest absolute Gasteiger partial charge is 0.335 e. The number of hydrogen-bond acceptors (Lipinski definition) is 2. The monoisotopic (exact) mass is 254 g/mol. The van der Waals surface area contributed by atoms with Crippen molar-refractivity contribution >= 4 is 8.56 Å². The summed E-state index contributed by atoms with van der Waals surface area (Å²) in [6.07, 6.45) is 8.07. The highest BCUT2D eigenvalue weighted by atomic mass is 28.4. The van der Waals surface area contributed by atoms with Gasteiger partial charge in [-0.3, -0.25) is 0 Å². The Kier molecular flexibility index (Phi) is 2.92. The molecule has 4 fully saturated rings. The number of hydrogen-bond donors (Lipinski definition) is 1. The molecule has 0 radical (unpaired) electrons. The van der Waals surface area contributed by atoms with E-state index >= 15 is 0 Å². The van der Waals surface area contributed by atoms with Crippen molar-refractivity contribution in [3.05, 3.63) is 0 Å². The summed E-state index contributed by atoms with van der Waals surface area (Å²) in [5.41, 5.74) is 0.0990. The van der Waals surface area contributed by atoms with Crippen LogP contribution in [0.4, 0.5) is 0 Å². The van der Waals surface area contributed by atoms with Gasteiger partial charge in [-0.2, -0.15) is 0 Å². The van der Waals surface area contributed by atoms with Crippen LogP contribution in [0.25, 0.3) is 0 Å². The second-order valence-electron chi connectivity index (χ2n) is 6.86. The van der Waals surface area contributed by atoms with E-state index in [4.69, 9.17) is 4.43 Å². The largest absolute Gasteiger partial charge is 0.411 e. The fourth-order valence-electron chi connectivity index (χ4n) is 4.95. The third-order valence-corrected chi connectivity index (χ3v) is 8.52. The highest BCUT2D eigenvalue weighted by Crippen LogP contribution is 2.57. The molecule has 4 bridgehead atoms. The summed E-state index contributed by atoms with van der Waals surface area (Å²) in [4.78, 5) is 10.6. The predicted molar refractivity (Wildman–Crippen MR) is 70.9 cm³/mol. The van der Waals surface area contributed by atoms with E-state index in [1.807, 2.05) is 0 Å². The van der Waals surface area contributed by atoms with Crippen molar-refractivity contribution in [1.29, 1.82) is 0 Å². The SMILES string of the molecule is CC[Si](O)(CC)OC12CC3CC(CC(C3)C1)C2. The van der Waals surface area contributed by atoms with Crippen molar-refractivity contribution in [2.45, 2.75) is 70.1 Å². The second kappa shape index (κ2) is 4.07. The maximum Gasteiger partial charge on any atom is 0.335 e. The molecule has 0 amide bonds. The Bertz CT molecular complexity index is 263. The molecule has 4 aliphatic carbocycles. The fourth-order valence-corrected chi connectivity index (χ4v) is 6.80. The topological polar surface area (TPSA) is 29.5 Å². The lowest BCUT2D eigenvalue weighted by Gasteiger charge is -2.58. The van der Waals surface area contributed by atoms with E-state index in [0.717, 1.165) is 29.8 Å². The maximum absolute atomic E-state index is 10.6. The van der Waals surface area contributed by atoms with E-state index in [1.54, 1.807) is 0 Å². The third-order valence-electron chi connectivity index (χ3n) is 5.49. The van der Waals surface area contributed by atoms with Crippen molar-refractivity contribution in [2.75, 3.05) is 0 Å². The Labute approximate surface area is 106 Å². The summed E-state index contributed by atoms with van der Waals surface area (Å²) in [6, 6.07) is 1.70. The van der Waals surface area contributed by atoms with E-state index in [9.17, 15) is 4.80 Å². The van der Waals surface area contributed by atoms with Crippen molar-refractivity contribution in [3.8, 4) is 0 Å². The third kappa shape index (κ3) is 2.11. The molecule has 0 aromatic rings. The molecule has 2 nitrogen and oxygen atoms in total. The van der Waals surface area contributed by atoms with Gasteiger partial charge in [0.1, 0.15) is 0 Å². The molecule has 4 aliphatic rings. The Balaban J connectivity index is 1.78. The van der Waals surface area contributed by atoms with Crippen LogP contribution < -0.4 is 0 Å². The van der Waals surface area contributed by atoms with Crippen LogP contribution in [0.15, 0.2) is 0 Å². The lowest BCUT2D eigenvalue weighted by molar-refractivity contribution is -0.121. The van der Waals surface area contributed by atoms with E-state index in [1.165, 1.54) is 38.5 Å². The average molecular weight is 254 g/mol. The minimum Gasteiger partial charge on any atom is -0.411 e. The minimum absolute atomic E-state index is 0.0990. The quantitative estimate of drug-likeness (QED) is 0.779. The molecule has 0 saturated heterocycles. The summed E-state index contributed by atoms with van der Waals surface area (Å²) < 4.78 is 6.43. The molecule has 0 aromatic carbocycles. The molecule has 98 valence electrons. The molecule has 17 heavy (non-hydrogen) atoms. The van der Waals surface area contributed by atoms with Gasteiger partial charge in [-0.05, 0) is 68.4 Å². The van der Waals surface area contributed by atoms with Gasteiger partial charge in [-0.25, -0.2) is 0 Å². The van der Waals surface area contributed by atoms with Crippen LogP contribution in [0.2, 0.25) is 12.1 Å². The average Bonchev–Trinajstić information content (AvgIpc) is 2.26. The van der Waals surface area contributed by atoms with Gasteiger partial charge in [-0.1, -0.05) is 13.8 Å². The van der Waals surface area contributed by atoms with Crippen LogP contribution >= 0.6 is 0 Å². The first-order chi connectivity index (χ1) is 8.06. The van der Waals surface area contributed by atoms with Crippen molar-refractivity contribution < 1.29 is 9.22 Å². The van der Waals surface area contributed by atoms with Crippen molar-refractivity contribution in [1.82, 2.24) is 0 Å². The van der Waals surface area contributed by atoms with Crippen molar-refractivity contribution in [2.24, 2.45) is 17.8 Å². The molecule has 1 N–H and O–H groups in total. The normalized spacial score (nSPS) is 44.3. The van der Waals surface area contributed by atoms with Gasteiger partial charge in [0.15, 0.2) is 0 Å². The summed E-state index contributed by atoms with van der Waals surface area (Å²) >= 11 is 0. The predicted octanol–water partition coefficient (Wildman–Crippen LogP) is 3.45. The van der Waals surface area contributed by atoms with Gasteiger partial charge >= 0.3 is 8.56 Å². The minimum atomic E-state index is -2.38. The highest BCUT2D eigenvalue weighted by molar-refractivity contribution is 6.65. The van der Waals surface area contributed by atoms with Crippen LogP contribution in [-0.2, 0) is 4.43 Å².